The van der Waals surface area contributed by atoms with Gasteiger partial charge in [0.15, 0.2) is 11.6 Å². The van der Waals surface area contributed by atoms with E-state index in [0.29, 0.717) is 5.56 Å². The zero-order valence-electron chi connectivity index (χ0n) is 12.9. The van der Waals surface area contributed by atoms with Crippen LogP contribution in [0.15, 0.2) is 42.5 Å². The van der Waals surface area contributed by atoms with Crippen molar-refractivity contribution in [2.45, 2.75) is 19.1 Å². The van der Waals surface area contributed by atoms with Crippen LogP contribution in [0.5, 0.6) is 0 Å². The van der Waals surface area contributed by atoms with Gasteiger partial charge in [-0.3, -0.25) is 0 Å². The van der Waals surface area contributed by atoms with E-state index in [4.69, 9.17) is 0 Å². The van der Waals surface area contributed by atoms with E-state index in [1.807, 2.05) is 0 Å². The van der Waals surface area contributed by atoms with E-state index in [1.54, 1.807) is 13.0 Å². The van der Waals surface area contributed by atoms with Gasteiger partial charge < -0.3 is 15.7 Å². The van der Waals surface area contributed by atoms with E-state index in [0.717, 1.165) is 12.1 Å². The van der Waals surface area contributed by atoms with Gasteiger partial charge in [-0.1, -0.05) is 24.3 Å². The highest BCUT2D eigenvalue weighted by Crippen LogP contribution is 2.17. The highest BCUT2D eigenvalue weighted by molar-refractivity contribution is 5.74. The number of aliphatic hydroxyl groups is 1. The van der Waals surface area contributed by atoms with Crippen molar-refractivity contribution in [1.82, 2.24) is 10.6 Å². The third kappa shape index (κ3) is 4.48. The molecule has 0 saturated heterocycles. The Labute approximate surface area is 137 Å². The van der Waals surface area contributed by atoms with Crippen LogP contribution in [0.1, 0.15) is 30.2 Å². The fourth-order valence-electron chi connectivity index (χ4n) is 2.16. The fraction of sp³-hybridized carbons (Fsp3) is 0.235. The van der Waals surface area contributed by atoms with Crippen molar-refractivity contribution in [2.75, 3.05) is 6.54 Å². The largest absolute Gasteiger partial charge is 0.386 e. The Hall–Kier alpha value is -2.54. The van der Waals surface area contributed by atoms with Crippen molar-refractivity contribution < 1.29 is 23.1 Å². The Kier molecular flexibility index (Phi) is 5.81. The third-order valence-electron chi connectivity index (χ3n) is 3.51. The van der Waals surface area contributed by atoms with Crippen molar-refractivity contribution in [3.63, 3.8) is 0 Å². The van der Waals surface area contributed by atoms with Gasteiger partial charge >= 0.3 is 6.03 Å². The molecule has 2 amide bonds. The molecule has 0 aliphatic carbocycles. The molecule has 0 aliphatic rings. The molecule has 2 aromatic carbocycles. The van der Waals surface area contributed by atoms with Crippen LogP contribution >= 0.6 is 0 Å². The summed E-state index contributed by atoms with van der Waals surface area (Å²) in [4.78, 5) is 11.8. The molecule has 2 aromatic rings. The van der Waals surface area contributed by atoms with Crippen molar-refractivity contribution in [1.29, 1.82) is 0 Å². The number of hydrogen-bond acceptors (Lipinski definition) is 2. The molecule has 7 heteroatoms. The third-order valence-corrected chi connectivity index (χ3v) is 3.51. The summed E-state index contributed by atoms with van der Waals surface area (Å²) < 4.78 is 39.6. The van der Waals surface area contributed by atoms with Crippen LogP contribution in [0.3, 0.4) is 0 Å². The Morgan fingerprint density at radius 3 is 2.46 bits per heavy atom. The topological polar surface area (TPSA) is 61.4 Å². The van der Waals surface area contributed by atoms with Crippen LogP contribution in [-0.2, 0) is 0 Å². The molecule has 0 heterocycles. The molecule has 24 heavy (non-hydrogen) atoms. The van der Waals surface area contributed by atoms with Crippen LogP contribution < -0.4 is 10.6 Å². The lowest BCUT2D eigenvalue weighted by Crippen LogP contribution is -2.39. The van der Waals surface area contributed by atoms with Crippen molar-refractivity contribution in [2.24, 2.45) is 0 Å². The molecule has 3 N–H and O–H groups in total. The van der Waals surface area contributed by atoms with Crippen molar-refractivity contribution in [3.8, 4) is 0 Å². The van der Waals surface area contributed by atoms with E-state index in [1.165, 1.54) is 24.3 Å². The molecule has 0 saturated carbocycles. The first-order valence-electron chi connectivity index (χ1n) is 7.30. The summed E-state index contributed by atoms with van der Waals surface area (Å²) in [6.07, 6.45) is -1.20. The van der Waals surface area contributed by atoms with Crippen LogP contribution in [0.4, 0.5) is 18.0 Å². The number of nitrogens with one attached hydrogen (secondary N) is 2. The second-order valence-electron chi connectivity index (χ2n) is 5.29. The maximum absolute atomic E-state index is 13.5. The van der Waals surface area contributed by atoms with Gasteiger partial charge in [-0.05, 0) is 30.7 Å². The molecule has 0 fully saturated rings. The molecular formula is C17H17F3N2O2. The number of urea groups is 1. The lowest BCUT2D eigenvalue weighted by Gasteiger charge is -2.17. The van der Waals surface area contributed by atoms with Gasteiger partial charge in [-0.15, -0.1) is 0 Å². The van der Waals surface area contributed by atoms with Gasteiger partial charge in [-0.25, -0.2) is 18.0 Å². The molecule has 0 aromatic heterocycles. The predicted molar refractivity (Wildman–Crippen MR) is 82.7 cm³/mol. The van der Waals surface area contributed by atoms with Gasteiger partial charge in [-0.2, -0.15) is 0 Å². The number of aliphatic hydroxyl groups excluding tert-OH is 1. The van der Waals surface area contributed by atoms with Crippen LogP contribution in [0.25, 0.3) is 0 Å². The minimum Gasteiger partial charge on any atom is -0.386 e. The van der Waals surface area contributed by atoms with E-state index < -0.39 is 35.6 Å². The number of carbonyl (C=O) groups excluding carboxylic acids is 1. The SMILES string of the molecule is CC(NC(=O)NCC(O)c1ccccc1F)c1ccc(F)c(F)c1. The van der Waals surface area contributed by atoms with Gasteiger partial charge in [0.1, 0.15) is 5.82 Å². The minimum atomic E-state index is -1.20. The first-order chi connectivity index (χ1) is 11.4. The van der Waals surface area contributed by atoms with Crippen molar-refractivity contribution >= 4 is 6.03 Å². The Morgan fingerprint density at radius 1 is 1.08 bits per heavy atom. The highest BCUT2D eigenvalue weighted by Gasteiger charge is 2.15. The quantitative estimate of drug-likeness (QED) is 0.784. The second-order valence-corrected chi connectivity index (χ2v) is 5.29. The molecule has 0 spiro atoms. The summed E-state index contributed by atoms with van der Waals surface area (Å²) in [5, 5.41) is 14.8. The summed E-state index contributed by atoms with van der Waals surface area (Å²) in [6, 6.07) is 7.83. The number of carbonyl (C=O) groups is 1. The summed E-state index contributed by atoms with van der Waals surface area (Å²) >= 11 is 0. The zero-order valence-corrected chi connectivity index (χ0v) is 12.9. The van der Waals surface area contributed by atoms with E-state index in [-0.39, 0.29) is 12.1 Å². The van der Waals surface area contributed by atoms with Crippen molar-refractivity contribution in [3.05, 3.63) is 71.0 Å². The summed E-state index contributed by atoms with van der Waals surface area (Å²) in [7, 11) is 0. The number of halogens is 3. The lowest BCUT2D eigenvalue weighted by molar-refractivity contribution is 0.168. The minimum absolute atomic E-state index is 0.0754. The number of benzene rings is 2. The molecule has 128 valence electrons. The lowest BCUT2D eigenvalue weighted by atomic mass is 10.1. The number of amides is 2. The Balaban J connectivity index is 1.88. The summed E-state index contributed by atoms with van der Waals surface area (Å²) in [5.41, 5.74) is 0.463. The first-order valence-corrected chi connectivity index (χ1v) is 7.30. The normalized spacial score (nSPS) is 13.2. The van der Waals surface area contributed by atoms with E-state index in [9.17, 15) is 23.1 Å². The molecular weight excluding hydrogens is 321 g/mol. The predicted octanol–water partition coefficient (Wildman–Crippen LogP) is 3.20. The summed E-state index contributed by atoms with van der Waals surface area (Å²) in [6.45, 7) is 1.40. The molecule has 0 aliphatic heterocycles. The monoisotopic (exact) mass is 338 g/mol. The average Bonchev–Trinajstić information content (AvgIpc) is 2.55. The molecule has 4 nitrogen and oxygen atoms in total. The fourth-order valence-corrected chi connectivity index (χ4v) is 2.16. The van der Waals surface area contributed by atoms with Crippen LogP contribution in [0.2, 0.25) is 0 Å². The second kappa shape index (κ2) is 7.83. The van der Waals surface area contributed by atoms with Crippen LogP contribution in [-0.4, -0.2) is 17.7 Å². The maximum atomic E-state index is 13.5. The maximum Gasteiger partial charge on any atom is 0.315 e. The Bertz CT molecular complexity index is 725. The summed E-state index contributed by atoms with van der Waals surface area (Å²) in [5.74, 6) is -2.54. The first kappa shape index (κ1) is 17.8. The van der Waals surface area contributed by atoms with E-state index in [2.05, 4.69) is 10.6 Å². The van der Waals surface area contributed by atoms with Gasteiger partial charge in [0.05, 0.1) is 12.1 Å². The van der Waals surface area contributed by atoms with Crippen LogP contribution in [0, 0.1) is 17.5 Å². The molecule has 2 rings (SSSR count). The standard InChI is InChI=1S/C17H17F3N2O2/c1-10(11-6-7-14(19)15(20)8-11)22-17(24)21-9-16(23)12-4-2-3-5-13(12)18/h2-8,10,16,23H,9H2,1H3,(H2,21,22,24). The molecule has 2 unspecified atom stereocenters. The van der Waals surface area contributed by atoms with Gasteiger partial charge in [0, 0.05) is 12.1 Å². The number of hydrogen-bond donors (Lipinski definition) is 3. The van der Waals surface area contributed by atoms with Gasteiger partial charge in [0.2, 0.25) is 0 Å². The zero-order chi connectivity index (χ0) is 17.7. The highest BCUT2D eigenvalue weighted by atomic mass is 19.2. The Morgan fingerprint density at radius 2 is 1.79 bits per heavy atom. The average molecular weight is 338 g/mol. The van der Waals surface area contributed by atoms with E-state index >= 15 is 0 Å². The molecule has 0 bridgehead atoms. The number of rotatable bonds is 5. The van der Waals surface area contributed by atoms with Gasteiger partial charge in [0.25, 0.3) is 0 Å². The smallest absolute Gasteiger partial charge is 0.315 e. The molecule has 0 radical (unpaired) electrons. The molecule has 2 atom stereocenters.